The Labute approximate surface area is 138 Å². The smallest absolute Gasteiger partial charge is 0.0139 e. The minimum atomic E-state index is 0.378. The van der Waals surface area contributed by atoms with Crippen LogP contribution >= 0.6 is 0 Å². The van der Waals surface area contributed by atoms with Gasteiger partial charge in [-0.05, 0) is 46.7 Å². The van der Waals surface area contributed by atoms with E-state index in [0.717, 1.165) is 12.8 Å². The Morgan fingerprint density at radius 3 is 2.13 bits per heavy atom. The molecule has 3 aromatic carbocycles. The maximum absolute atomic E-state index is 3.57. The lowest BCUT2D eigenvalue weighted by Crippen LogP contribution is -2.00. The van der Waals surface area contributed by atoms with Crippen molar-refractivity contribution in [3.05, 3.63) is 113 Å². The van der Waals surface area contributed by atoms with Crippen molar-refractivity contribution in [2.24, 2.45) is 0 Å². The maximum Gasteiger partial charge on any atom is 0.0139 e. The molecule has 4 rings (SSSR count). The maximum atomic E-state index is 3.57. The summed E-state index contributed by atoms with van der Waals surface area (Å²) in [5.41, 5.74) is 6.93. The first-order chi connectivity index (χ1) is 11.4. The average molecular weight is 295 g/mol. The summed E-state index contributed by atoms with van der Waals surface area (Å²) < 4.78 is 0. The molecule has 0 N–H and O–H groups in total. The molecule has 0 heteroatoms. The molecule has 0 heterocycles. The molecule has 0 aliphatic heterocycles. The highest BCUT2D eigenvalue weighted by Gasteiger charge is 2.20. The van der Waals surface area contributed by atoms with Crippen molar-refractivity contribution in [2.45, 2.75) is 18.8 Å². The minimum Gasteiger partial charge on any atom is -0.0622 e. The van der Waals surface area contributed by atoms with Gasteiger partial charge in [-0.2, -0.15) is 0 Å². The first kappa shape index (κ1) is 14.0. The van der Waals surface area contributed by atoms with E-state index in [-0.39, 0.29) is 0 Å². The van der Waals surface area contributed by atoms with E-state index in [0.29, 0.717) is 5.92 Å². The van der Waals surface area contributed by atoms with Gasteiger partial charge < -0.3 is 0 Å². The minimum absolute atomic E-state index is 0.378. The molecule has 1 aliphatic rings. The van der Waals surface area contributed by atoms with E-state index in [2.05, 4.69) is 91.0 Å². The second kappa shape index (κ2) is 6.26. The third-order valence-corrected chi connectivity index (χ3v) is 4.55. The Bertz CT molecular complexity index is 813. The van der Waals surface area contributed by atoms with Gasteiger partial charge in [0.2, 0.25) is 0 Å². The SMILES string of the molecule is [C]1=Cc2c(Cc3ccccc3)cccc2C1Cc1ccccc1. The van der Waals surface area contributed by atoms with Gasteiger partial charge in [-0.3, -0.25) is 0 Å². The van der Waals surface area contributed by atoms with Crippen LogP contribution in [0, 0.1) is 6.08 Å². The Hall–Kier alpha value is -2.60. The summed E-state index contributed by atoms with van der Waals surface area (Å²) in [5, 5.41) is 0. The molecular weight excluding hydrogens is 276 g/mol. The van der Waals surface area contributed by atoms with Crippen molar-refractivity contribution >= 4 is 6.08 Å². The lowest BCUT2D eigenvalue weighted by molar-refractivity contribution is 0.830. The van der Waals surface area contributed by atoms with Crippen LogP contribution in [-0.2, 0) is 12.8 Å². The van der Waals surface area contributed by atoms with Crippen LogP contribution in [0.25, 0.3) is 6.08 Å². The standard InChI is InChI=1S/C23H19/c1-3-8-18(9-4-1)16-20-12-7-13-22-21(14-15-23(20)22)17-19-10-5-2-6-11-19/h1-13,15,21H,16-17H2. The highest BCUT2D eigenvalue weighted by Crippen LogP contribution is 2.34. The highest BCUT2D eigenvalue weighted by atomic mass is 14.2. The van der Waals surface area contributed by atoms with Crippen LogP contribution in [0.5, 0.6) is 0 Å². The van der Waals surface area contributed by atoms with E-state index in [1.54, 1.807) is 0 Å². The van der Waals surface area contributed by atoms with Crippen LogP contribution in [0.4, 0.5) is 0 Å². The molecule has 111 valence electrons. The largest absolute Gasteiger partial charge is 0.0622 e. The van der Waals surface area contributed by atoms with Crippen molar-refractivity contribution < 1.29 is 0 Å². The van der Waals surface area contributed by atoms with Crippen molar-refractivity contribution in [3.63, 3.8) is 0 Å². The number of benzene rings is 3. The monoisotopic (exact) mass is 295 g/mol. The van der Waals surface area contributed by atoms with Gasteiger partial charge in [-0.1, -0.05) is 84.9 Å². The van der Waals surface area contributed by atoms with E-state index >= 15 is 0 Å². The van der Waals surface area contributed by atoms with Crippen LogP contribution in [0.1, 0.15) is 33.7 Å². The van der Waals surface area contributed by atoms with E-state index in [4.69, 9.17) is 0 Å². The normalized spacial score (nSPS) is 15.6. The van der Waals surface area contributed by atoms with Crippen molar-refractivity contribution in [3.8, 4) is 0 Å². The second-order valence-electron chi connectivity index (χ2n) is 6.14. The molecule has 1 atom stereocenters. The quantitative estimate of drug-likeness (QED) is 0.601. The van der Waals surface area contributed by atoms with Crippen molar-refractivity contribution in [2.75, 3.05) is 0 Å². The molecule has 3 aromatic rings. The van der Waals surface area contributed by atoms with Gasteiger partial charge >= 0.3 is 0 Å². The van der Waals surface area contributed by atoms with Gasteiger partial charge in [0.25, 0.3) is 0 Å². The molecule has 23 heavy (non-hydrogen) atoms. The number of allylic oxidation sites excluding steroid dienone is 1. The van der Waals surface area contributed by atoms with Crippen LogP contribution in [0.2, 0.25) is 0 Å². The lowest BCUT2D eigenvalue weighted by atomic mass is 9.91. The predicted octanol–water partition coefficient (Wildman–Crippen LogP) is 5.43. The number of hydrogen-bond donors (Lipinski definition) is 0. The third kappa shape index (κ3) is 2.98. The average Bonchev–Trinajstić information content (AvgIpc) is 3.01. The Morgan fingerprint density at radius 2 is 1.39 bits per heavy atom. The molecule has 0 fully saturated rings. The van der Waals surface area contributed by atoms with Crippen LogP contribution in [-0.4, -0.2) is 0 Å². The fourth-order valence-corrected chi connectivity index (χ4v) is 3.38. The van der Waals surface area contributed by atoms with E-state index in [1.807, 2.05) is 0 Å². The highest BCUT2D eigenvalue weighted by molar-refractivity contribution is 5.64. The van der Waals surface area contributed by atoms with Gasteiger partial charge in [0.05, 0.1) is 0 Å². The van der Waals surface area contributed by atoms with Gasteiger partial charge in [-0.15, -0.1) is 0 Å². The molecular formula is C23H19. The van der Waals surface area contributed by atoms with E-state index in [1.165, 1.54) is 27.8 Å². The fraction of sp³-hybridized carbons (Fsp3) is 0.130. The summed E-state index contributed by atoms with van der Waals surface area (Å²) in [7, 11) is 0. The summed E-state index contributed by atoms with van der Waals surface area (Å²) in [6, 6.07) is 28.1. The van der Waals surface area contributed by atoms with Crippen molar-refractivity contribution in [1.82, 2.24) is 0 Å². The zero-order valence-electron chi connectivity index (χ0n) is 13.1. The molecule has 0 aromatic heterocycles. The van der Waals surface area contributed by atoms with E-state index in [9.17, 15) is 0 Å². The predicted molar refractivity (Wildman–Crippen MR) is 96.3 cm³/mol. The molecule has 0 nitrogen and oxygen atoms in total. The number of fused-ring (bicyclic) bond motifs is 1. The topological polar surface area (TPSA) is 0 Å². The molecule has 0 amide bonds. The summed E-state index contributed by atoms with van der Waals surface area (Å²) in [6.45, 7) is 0. The Kier molecular flexibility index (Phi) is 3.81. The zero-order valence-corrected chi connectivity index (χ0v) is 13.1. The van der Waals surface area contributed by atoms with Crippen molar-refractivity contribution in [1.29, 1.82) is 0 Å². The second-order valence-corrected chi connectivity index (χ2v) is 6.14. The summed E-state index contributed by atoms with van der Waals surface area (Å²) in [4.78, 5) is 0. The van der Waals surface area contributed by atoms with Gasteiger partial charge in [-0.25, -0.2) is 0 Å². The van der Waals surface area contributed by atoms with Crippen LogP contribution in [0.15, 0.2) is 78.9 Å². The summed E-state index contributed by atoms with van der Waals surface area (Å²) >= 11 is 0. The van der Waals surface area contributed by atoms with Crippen LogP contribution < -0.4 is 0 Å². The van der Waals surface area contributed by atoms with Gasteiger partial charge in [0.1, 0.15) is 0 Å². The Morgan fingerprint density at radius 1 is 0.696 bits per heavy atom. The molecule has 0 saturated heterocycles. The van der Waals surface area contributed by atoms with E-state index < -0.39 is 0 Å². The first-order valence-electron chi connectivity index (χ1n) is 8.19. The molecule has 0 spiro atoms. The summed E-state index contributed by atoms with van der Waals surface area (Å²) in [6.07, 6.45) is 7.78. The number of rotatable bonds is 4. The molecule has 1 unspecified atom stereocenters. The van der Waals surface area contributed by atoms with Crippen LogP contribution in [0.3, 0.4) is 0 Å². The zero-order chi connectivity index (χ0) is 15.5. The number of hydrogen-bond acceptors (Lipinski definition) is 0. The summed E-state index contributed by atoms with van der Waals surface area (Å²) in [5.74, 6) is 0.378. The molecule has 1 aliphatic carbocycles. The molecule has 0 bridgehead atoms. The fourth-order valence-electron chi connectivity index (χ4n) is 3.38. The van der Waals surface area contributed by atoms with Gasteiger partial charge in [0.15, 0.2) is 0 Å². The Balaban J connectivity index is 1.61. The molecule has 1 radical (unpaired) electrons. The lowest BCUT2D eigenvalue weighted by Gasteiger charge is -2.13. The third-order valence-electron chi connectivity index (χ3n) is 4.55. The molecule has 0 saturated carbocycles. The van der Waals surface area contributed by atoms with Gasteiger partial charge in [0, 0.05) is 5.92 Å². The first-order valence-corrected chi connectivity index (χ1v) is 8.19.